The summed E-state index contributed by atoms with van der Waals surface area (Å²) in [5, 5.41) is 0. The minimum atomic E-state index is -1.92. The van der Waals surface area contributed by atoms with Gasteiger partial charge in [-0.05, 0) is 18.2 Å². The summed E-state index contributed by atoms with van der Waals surface area (Å²) in [6.45, 7) is 0. The van der Waals surface area contributed by atoms with Crippen molar-refractivity contribution in [3.8, 4) is 11.8 Å². The van der Waals surface area contributed by atoms with Gasteiger partial charge in [0.25, 0.3) is 0 Å². The van der Waals surface area contributed by atoms with Crippen molar-refractivity contribution < 1.29 is 13.5 Å². The number of hydrogen-bond donors (Lipinski definition) is 1. The van der Waals surface area contributed by atoms with Gasteiger partial charge in [-0.25, -0.2) is 9.19 Å². The minimum Gasteiger partial charge on any atom is -0.424 e. The van der Waals surface area contributed by atoms with Gasteiger partial charge in [0.15, 0.2) is 11.1 Å². The van der Waals surface area contributed by atoms with E-state index in [-0.39, 0.29) is 11.8 Å². The van der Waals surface area contributed by atoms with Crippen molar-refractivity contribution >= 4 is 11.1 Å². The van der Waals surface area contributed by atoms with Gasteiger partial charge in [0.05, 0.1) is 11.4 Å². The monoisotopic (exact) mass is 250 g/mol. The van der Waals surface area contributed by atoms with E-state index >= 15 is 0 Å². The second kappa shape index (κ2) is 5.51. The van der Waals surface area contributed by atoms with E-state index in [0.717, 1.165) is 0 Å². The van der Waals surface area contributed by atoms with Crippen LogP contribution >= 0.6 is 0 Å². The van der Waals surface area contributed by atoms with Gasteiger partial charge in [0.2, 0.25) is 0 Å². The van der Waals surface area contributed by atoms with Gasteiger partial charge in [-0.2, -0.15) is 4.98 Å². The van der Waals surface area contributed by atoms with E-state index in [9.17, 15) is 4.21 Å². The molecule has 6 heteroatoms. The van der Waals surface area contributed by atoms with Crippen LogP contribution < -0.4 is 4.74 Å². The predicted molar refractivity (Wildman–Crippen MR) is 63.0 cm³/mol. The molecule has 2 rings (SSSR count). The van der Waals surface area contributed by atoms with Crippen LogP contribution in [0.4, 0.5) is 0 Å². The van der Waals surface area contributed by atoms with Crippen molar-refractivity contribution in [2.45, 2.75) is 5.75 Å². The zero-order chi connectivity index (χ0) is 12.1. The first-order valence-electron chi connectivity index (χ1n) is 4.86. The predicted octanol–water partition coefficient (Wildman–Crippen LogP) is 1.99. The van der Waals surface area contributed by atoms with Crippen molar-refractivity contribution in [2.24, 2.45) is 0 Å². The Morgan fingerprint density at radius 1 is 1.24 bits per heavy atom. The molecule has 1 aromatic carbocycles. The number of ether oxygens (including phenoxy) is 1. The molecule has 2 aromatic rings. The van der Waals surface area contributed by atoms with Crippen LogP contribution in [0.2, 0.25) is 0 Å². The molecule has 1 N–H and O–H groups in total. The quantitative estimate of drug-likeness (QED) is 0.840. The fourth-order valence-electron chi connectivity index (χ4n) is 1.23. The van der Waals surface area contributed by atoms with Crippen LogP contribution in [0.1, 0.15) is 5.69 Å². The van der Waals surface area contributed by atoms with E-state index in [1.165, 1.54) is 6.20 Å². The van der Waals surface area contributed by atoms with E-state index in [2.05, 4.69) is 9.97 Å². The largest absolute Gasteiger partial charge is 0.424 e. The molecule has 0 spiro atoms. The highest BCUT2D eigenvalue weighted by Crippen LogP contribution is 2.16. The summed E-state index contributed by atoms with van der Waals surface area (Å²) in [5.41, 5.74) is 0.465. The summed E-state index contributed by atoms with van der Waals surface area (Å²) in [4.78, 5) is 7.95. The van der Waals surface area contributed by atoms with E-state index < -0.39 is 11.1 Å². The third kappa shape index (κ3) is 3.61. The Morgan fingerprint density at radius 2 is 2.00 bits per heavy atom. The Labute approximate surface area is 101 Å². The van der Waals surface area contributed by atoms with Crippen molar-refractivity contribution in [1.29, 1.82) is 0 Å². The maximum absolute atomic E-state index is 10.6. The number of hydrogen-bond acceptors (Lipinski definition) is 4. The van der Waals surface area contributed by atoms with Gasteiger partial charge in [-0.3, -0.25) is 0 Å². The molecular weight excluding hydrogens is 240 g/mol. The lowest BCUT2D eigenvalue weighted by Crippen LogP contribution is -1.99. The van der Waals surface area contributed by atoms with Crippen molar-refractivity contribution in [1.82, 2.24) is 9.97 Å². The molecule has 1 atom stereocenters. The normalized spacial score (nSPS) is 12.1. The molecule has 0 saturated heterocycles. The first-order valence-corrected chi connectivity index (χ1v) is 6.14. The molecule has 0 aliphatic rings. The van der Waals surface area contributed by atoms with Crippen LogP contribution in [0.15, 0.2) is 42.6 Å². The Morgan fingerprint density at radius 3 is 2.71 bits per heavy atom. The summed E-state index contributed by atoms with van der Waals surface area (Å²) < 4.78 is 24.8. The highest BCUT2D eigenvalue weighted by Gasteiger charge is 2.04. The zero-order valence-corrected chi connectivity index (χ0v) is 9.63. The molecule has 1 unspecified atom stereocenters. The molecule has 1 heterocycles. The van der Waals surface area contributed by atoms with Crippen molar-refractivity contribution in [3.63, 3.8) is 0 Å². The lowest BCUT2D eigenvalue weighted by Gasteiger charge is -2.04. The van der Waals surface area contributed by atoms with Gasteiger partial charge in [-0.1, -0.05) is 18.2 Å². The molecule has 1 aromatic heterocycles. The van der Waals surface area contributed by atoms with Crippen LogP contribution in [-0.2, 0) is 16.8 Å². The van der Waals surface area contributed by atoms with Crippen LogP contribution in [0.3, 0.4) is 0 Å². The second-order valence-electron chi connectivity index (χ2n) is 3.21. The number of benzene rings is 1. The average molecular weight is 250 g/mol. The van der Waals surface area contributed by atoms with Crippen LogP contribution in [0.25, 0.3) is 0 Å². The van der Waals surface area contributed by atoms with Gasteiger partial charge >= 0.3 is 6.01 Å². The molecule has 0 amide bonds. The third-order valence-corrected chi connectivity index (χ3v) is 2.46. The first kappa shape index (κ1) is 11.7. The van der Waals surface area contributed by atoms with E-state index in [4.69, 9.17) is 9.29 Å². The number of para-hydroxylation sites is 1. The van der Waals surface area contributed by atoms with Crippen molar-refractivity contribution in [3.05, 3.63) is 48.3 Å². The lowest BCUT2D eigenvalue weighted by molar-refractivity contribution is 0.440. The molecule has 0 bridgehead atoms. The number of nitrogens with zero attached hydrogens (tertiary/aromatic N) is 2. The average Bonchev–Trinajstić information content (AvgIpc) is 2.30. The standard InChI is InChI=1S/C11H10N2O3S/c14-17(15)8-9-6-7-12-11(13-9)16-10-4-2-1-3-5-10/h1-7H,8H2,(H,14,15). The summed E-state index contributed by atoms with van der Waals surface area (Å²) in [7, 11) is 0. The van der Waals surface area contributed by atoms with Crippen LogP contribution in [0, 0.1) is 0 Å². The SMILES string of the molecule is O=S(O)Cc1ccnc(Oc2ccccc2)n1. The Bertz CT molecular complexity index is 519. The Hall–Kier alpha value is -1.79. The van der Waals surface area contributed by atoms with Gasteiger partial charge in [0.1, 0.15) is 5.75 Å². The molecule has 0 aliphatic heterocycles. The zero-order valence-electron chi connectivity index (χ0n) is 8.81. The summed E-state index contributed by atoms with van der Waals surface area (Å²) in [6, 6.07) is 10.8. The van der Waals surface area contributed by atoms with E-state index in [0.29, 0.717) is 11.4 Å². The number of aromatic nitrogens is 2. The Kier molecular flexibility index (Phi) is 3.79. The maximum atomic E-state index is 10.6. The first-order chi connectivity index (χ1) is 8.24. The molecule has 0 radical (unpaired) electrons. The van der Waals surface area contributed by atoms with Gasteiger partial charge < -0.3 is 9.29 Å². The molecular formula is C11H10N2O3S. The molecule has 0 saturated carbocycles. The topological polar surface area (TPSA) is 72.3 Å². The summed E-state index contributed by atoms with van der Waals surface area (Å²) >= 11 is -1.92. The number of rotatable bonds is 4. The molecule has 88 valence electrons. The molecule has 17 heavy (non-hydrogen) atoms. The smallest absolute Gasteiger partial charge is 0.322 e. The second-order valence-corrected chi connectivity index (χ2v) is 4.14. The van der Waals surface area contributed by atoms with Crippen LogP contribution in [-0.4, -0.2) is 18.7 Å². The fourth-order valence-corrected chi connectivity index (χ4v) is 1.64. The van der Waals surface area contributed by atoms with Gasteiger partial charge in [0, 0.05) is 6.20 Å². The van der Waals surface area contributed by atoms with E-state index in [1.54, 1.807) is 18.2 Å². The summed E-state index contributed by atoms with van der Waals surface area (Å²) in [6.07, 6.45) is 1.49. The minimum absolute atomic E-state index is 0.0341. The third-order valence-electron chi connectivity index (χ3n) is 1.91. The molecule has 0 fully saturated rings. The van der Waals surface area contributed by atoms with Crippen molar-refractivity contribution in [2.75, 3.05) is 0 Å². The summed E-state index contributed by atoms with van der Waals surface area (Å²) in [5.74, 6) is 0.586. The van der Waals surface area contributed by atoms with E-state index in [1.807, 2.05) is 18.2 Å². The maximum Gasteiger partial charge on any atom is 0.322 e. The molecule has 0 aliphatic carbocycles. The van der Waals surface area contributed by atoms with Gasteiger partial charge in [-0.15, -0.1) is 0 Å². The lowest BCUT2D eigenvalue weighted by atomic mass is 10.3. The highest BCUT2D eigenvalue weighted by molar-refractivity contribution is 7.78. The molecule has 5 nitrogen and oxygen atoms in total. The Balaban J connectivity index is 2.14. The van der Waals surface area contributed by atoms with Crippen LogP contribution in [0.5, 0.6) is 11.8 Å². The highest BCUT2D eigenvalue weighted by atomic mass is 32.2. The fraction of sp³-hybridized carbons (Fsp3) is 0.0909.